The fourth-order valence-electron chi connectivity index (χ4n) is 4.68. The van der Waals surface area contributed by atoms with Crippen LogP contribution in [0.5, 0.6) is 5.75 Å². The van der Waals surface area contributed by atoms with Crippen molar-refractivity contribution in [2.45, 2.75) is 43.8 Å². The lowest BCUT2D eigenvalue weighted by Crippen LogP contribution is -2.47. The van der Waals surface area contributed by atoms with E-state index in [4.69, 9.17) is 4.74 Å². The molecule has 0 aromatic heterocycles. The largest absolute Gasteiger partial charge is 0.496 e. The van der Waals surface area contributed by atoms with Crippen molar-refractivity contribution >= 4 is 0 Å². The van der Waals surface area contributed by atoms with Crippen molar-refractivity contribution in [1.29, 1.82) is 0 Å². The Kier molecular flexibility index (Phi) is 5.22. The number of piperidine rings is 1. The smallest absolute Gasteiger partial charge is 0.124 e. The molecule has 1 aliphatic carbocycles. The molecule has 1 heterocycles. The molecule has 144 valence electrons. The van der Waals surface area contributed by atoms with Crippen molar-refractivity contribution in [2.75, 3.05) is 26.7 Å². The zero-order valence-corrected chi connectivity index (χ0v) is 16.0. The van der Waals surface area contributed by atoms with E-state index >= 15 is 0 Å². The molecule has 4 heteroatoms. The van der Waals surface area contributed by atoms with Crippen molar-refractivity contribution in [2.24, 2.45) is 0 Å². The van der Waals surface area contributed by atoms with Crippen molar-refractivity contribution in [3.8, 4) is 5.75 Å². The zero-order valence-electron chi connectivity index (χ0n) is 16.0. The summed E-state index contributed by atoms with van der Waals surface area (Å²) in [5, 5.41) is 22.1. The molecule has 2 N–H and O–H groups in total. The predicted molar refractivity (Wildman–Crippen MR) is 106 cm³/mol. The third kappa shape index (κ3) is 3.75. The number of aliphatic hydroxyl groups excluding tert-OH is 1. The Morgan fingerprint density at radius 3 is 2.78 bits per heavy atom. The van der Waals surface area contributed by atoms with E-state index in [0.29, 0.717) is 19.5 Å². The van der Waals surface area contributed by atoms with Gasteiger partial charge in [-0.2, -0.15) is 0 Å². The van der Waals surface area contributed by atoms with E-state index in [1.54, 1.807) is 7.11 Å². The Morgan fingerprint density at radius 2 is 1.93 bits per heavy atom. The number of nitrogens with zero attached hydrogens (tertiary/aromatic N) is 1. The Hall–Kier alpha value is -1.88. The van der Waals surface area contributed by atoms with Gasteiger partial charge in [-0.25, -0.2) is 0 Å². The van der Waals surface area contributed by atoms with Gasteiger partial charge in [0.05, 0.1) is 13.2 Å². The fraction of sp³-hybridized carbons (Fsp3) is 0.478. The summed E-state index contributed by atoms with van der Waals surface area (Å²) in [6, 6.07) is 14.1. The summed E-state index contributed by atoms with van der Waals surface area (Å²) < 4.78 is 5.46. The molecule has 1 aliphatic heterocycles. The highest BCUT2D eigenvalue weighted by Gasteiger charge is 2.37. The summed E-state index contributed by atoms with van der Waals surface area (Å²) in [7, 11) is 1.64. The van der Waals surface area contributed by atoms with E-state index in [1.165, 1.54) is 17.5 Å². The van der Waals surface area contributed by atoms with E-state index in [1.807, 2.05) is 24.3 Å². The van der Waals surface area contributed by atoms with Crippen LogP contribution in [0, 0.1) is 0 Å². The van der Waals surface area contributed by atoms with Crippen LogP contribution in [0.3, 0.4) is 0 Å². The number of para-hydroxylation sites is 1. The van der Waals surface area contributed by atoms with E-state index in [2.05, 4.69) is 23.1 Å². The van der Waals surface area contributed by atoms with E-state index < -0.39 is 11.7 Å². The highest BCUT2D eigenvalue weighted by Crippen LogP contribution is 2.37. The molecule has 27 heavy (non-hydrogen) atoms. The first-order chi connectivity index (χ1) is 13.1. The molecule has 2 atom stereocenters. The maximum absolute atomic E-state index is 11.3. The molecule has 2 aromatic rings. The number of aliphatic hydroxyl groups is 2. The Morgan fingerprint density at radius 1 is 1.11 bits per heavy atom. The van der Waals surface area contributed by atoms with Gasteiger partial charge in [-0.15, -0.1) is 0 Å². The average molecular weight is 367 g/mol. The van der Waals surface area contributed by atoms with Gasteiger partial charge in [0.25, 0.3) is 0 Å². The second kappa shape index (κ2) is 7.63. The number of benzene rings is 2. The van der Waals surface area contributed by atoms with Gasteiger partial charge in [0.2, 0.25) is 0 Å². The monoisotopic (exact) mass is 367 g/mol. The van der Waals surface area contributed by atoms with Crippen LogP contribution in [0.4, 0.5) is 0 Å². The minimum atomic E-state index is -0.942. The average Bonchev–Trinajstić information content (AvgIpc) is 3.16. The number of ether oxygens (including phenoxy) is 1. The van der Waals surface area contributed by atoms with Crippen LogP contribution < -0.4 is 4.74 Å². The first-order valence-corrected chi connectivity index (χ1v) is 9.97. The second-order valence-electron chi connectivity index (χ2n) is 7.97. The molecule has 4 nitrogen and oxygen atoms in total. The minimum Gasteiger partial charge on any atom is -0.496 e. The van der Waals surface area contributed by atoms with Gasteiger partial charge in [0, 0.05) is 18.7 Å². The summed E-state index contributed by atoms with van der Waals surface area (Å²) in [5.74, 6) is 0.723. The molecule has 0 spiro atoms. The maximum Gasteiger partial charge on any atom is 0.124 e. The number of rotatable bonds is 5. The Labute approximate surface area is 161 Å². The normalized spacial score (nSPS) is 23.8. The molecule has 0 radical (unpaired) electrons. The maximum atomic E-state index is 11.3. The molecular weight excluding hydrogens is 338 g/mol. The molecule has 2 unspecified atom stereocenters. The van der Waals surface area contributed by atoms with Crippen LogP contribution in [0.15, 0.2) is 42.5 Å². The molecule has 1 fully saturated rings. The molecule has 1 saturated heterocycles. The molecular formula is C23H29NO3. The van der Waals surface area contributed by atoms with Crippen molar-refractivity contribution < 1.29 is 14.9 Å². The summed E-state index contributed by atoms with van der Waals surface area (Å²) in [4.78, 5) is 2.17. The third-order valence-corrected chi connectivity index (χ3v) is 6.10. The van der Waals surface area contributed by atoms with Gasteiger partial charge in [0.1, 0.15) is 11.4 Å². The van der Waals surface area contributed by atoms with Crippen molar-refractivity contribution in [1.82, 2.24) is 4.90 Å². The molecule has 0 bridgehead atoms. The molecule has 4 rings (SSSR count). The number of hydrogen-bond acceptors (Lipinski definition) is 4. The third-order valence-electron chi connectivity index (χ3n) is 6.10. The van der Waals surface area contributed by atoms with Crippen LogP contribution in [-0.2, 0) is 18.4 Å². The summed E-state index contributed by atoms with van der Waals surface area (Å²) >= 11 is 0. The van der Waals surface area contributed by atoms with Crippen molar-refractivity contribution in [3.63, 3.8) is 0 Å². The first-order valence-electron chi connectivity index (χ1n) is 9.97. The van der Waals surface area contributed by atoms with Gasteiger partial charge >= 0.3 is 0 Å². The first kappa shape index (κ1) is 18.5. The van der Waals surface area contributed by atoms with E-state index in [9.17, 15) is 10.2 Å². The molecule has 0 amide bonds. The van der Waals surface area contributed by atoms with E-state index in [-0.39, 0.29) is 0 Å². The molecule has 2 aromatic carbocycles. The van der Waals surface area contributed by atoms with Gasteiger partial charge < -0.3 is 14.9 Å². The lowest BCUT2D eigenvalue weighted by molar-refractivity contribution is -0.0474. The second-order valence-corrected chi connectivity index (χ2v) is 7.97. The fourth-order valence-corrected chi connectivity index (χ4v) is 4.68. The molecule has 0 saturated carbocycles. The minimum absolute atomic E-state index is 0.509. The topological polar surface area (TPSA) is 52.9 Å². The van der Waals surface area contributed by atoms with Gasteiger partial charge in [0.15, 0.2) is 0 Å². The Bertz CT molecular complexity index is 806. The van der Waals surface area contributed by atoms with Gasteiger partial charge in [-0.1, -0.05) is 36.4 Å². The van der Waals surface area contributed by atoms with Gasteiger partial charge in [-0.05, 0) is 61.4 Å². The van der Waals surface area contributed by atoms with Crippen LogP contribution in [0.1, 0.15) is 47.6 Å². The number of aryl methyl sites for hydroxylation is 2. The highest BCUT2D eigenvalue weighted by molar-refractivity contribution is 5.39. The standard InChI is InChI=1S/C23H29NO3/c1-27-22-9-3-2-8-20(22)23(26)12-5-13-24(16-23)15-21(25)19-11-10-17-6-4-7-18(17)14-19/h2-3,8-11,14,21,25-26H,4-7,12-13,15-16H2,1H3. The van der Waals surface area contributed by atoms with E-state index in [0.717, 1.165) is 42.7 Å². The lowest BCUT2D eigenvalue weighted by atomic mass is 9.85. The van der Waals surface area contributed by atoms with Crippen molar-refractivity contribution in [3.05, 3.63) is 64.7 Å². The quantitative estimate of drug-likeness (QED) is 0.852. The molecule has 2 aliphatic rings. The lowest BCUT2D eigenvalue weighted by Gasteiger charge is -2.40. The predicted octanol–water partition coefficient (Wildman–Crippen LogP) is 3.20. The van der Waals surface area contributed by atoms with Gasteiger partial charge in [-0.3, -0.25) is 4.90 Å². The SMILES string of the molecule is COc1ccccc1C1(O)CCCN(CC(O)c2ccc3c(c2)CCC3)C1. The van der Waals surface area contributed by atoms with Crippen LogP contribution in [0.2, 0.25) is 0 Å². The summed E-state index contributed by atoms with van der Waals surface area (Å²) in [5.41, 5.74) is 3.69. The number of likely N-dealkylation sites (tertiary alicyclic amines) is 1. The number of fused-ring (bicyclic) bond motifs is 1. The summed E-state index contributed by atoms with van der Waals surface area (Å²) in [6.07, 6.45) is 4.56. The summed E-state index contributed by atoms with van der Waals surface area (Å²) in [6.45, 7) is 1.94. The van der Waals surface area contributed by atoms with Crippen LogP contribution >= 0.6 is 0 Å². The van der Waals surface area contributed by atoms with Crippen LogP contribution in [0.25, 0.3) is 0 Å². The number of β-amino-alcohol motifs (C(OH)–C–C–N with tert-alkyl or cyclic N) is 2. The highest BCUT2D eigenvalue weighted by atomic mass is 16.5. The Balaban J connectivity index is 1.48. The zero-order chi connectivity index (χ0) is 18.9. The number of methoxy groups -OCH3 is 1. The van der Waals surface area contributed by atoms with Crippen LogP contribution in [-0.4, -0.2) is 41.9 Å². The number of hydrogen-bond donors (Lipinski definition) is 2.